The van der Waals surface area contributed by atoms with E-state index in [2.05, 4.69) is 10.0 Å². The number of carbonyl (C=O) groups excluding carboxylic acids is 1. The van der Waals surface area contributed by atoms with Gasteiger partial charge in [-0.25, -0.2) is 13.1 Å². The van der Waals surface area contributed by atoms with Gasteiger partial charge in [0.05, 0.1) is 16.9 Å². The lowest BCUT2D eigenvalue weighted by atomic mass is 9.92. The third kappa shape index (κ3) is 5.02. The van der Waals surface area contributed by atoms with Crippen molar-refractivity contribution < 1.29 is 23.1 Å². The minimum Gasteiger partial charge on any atom is -0.481 e. The Hall–Kier alpha value is -1.93. The van der Waals surface area contributed by atoms with E-state index in [1.54, 1.807) is 13.8 Å². The number of benzene rings is 1. The van der Waals surface area contributed by atoms with Gasteiger partial charge in [0.25, 0.3) is 5.91 Å². The van der Waals surface area contributed by atoms with E-state index in [-0.39, 0.29) is 23.3 Å². The number of nitrogens with one attached hydrogen (secondary N) is 2. The molecule has 0 unspecified atom stereocenters. The number of carbonyl (C=O) groups is 2. The summed E-state index contributed by atoms with van der Waals surface area (Å²) >= 11 is 0. The molecule has 0 spiro atoms. The predicted octanol–water partition coefficient (Wildman–Crippen LogP) is 1.89. The van der Waals surface area contributed by atoms with Crippen molar-refractivity contribution in [3.63, 3.8) is 0 Å². The number of carboxylic acids is 1. The zero-order valence-corrected chi connectivity index (χ0v) is 15.2. The maximum atomic E-state index is 12.5. The molecule has 25 heavy (non-hydrogen) atoms. The Bertz CT molecular complexity index is 735. The van der Waals surface area contributed by atoms with Gasteiger partial charge < -0.3 is 10.4 Å². The minimum atomic E-state index is -3.61. The van der Waals surface area contributed by atoms with Crippen molar-refractivity contribution in [1.82, 2.24) is 10.0 Å². The third-order valence-electron chi connectivity index (χ3n) is 4.25. The van der Waals surface area contributed by atoms with E-state index in [4.69, 9.17) is 5.11 Å². The fraction of sp³-hybridized carbons (Fsp3) is 0.529. The SMILES string of the molecule is CC(C)NS(=O)(=O)c1ccc(C(=O)NC2(CC(=O)O)CCCC2)cc1. The van der Waals surface area contributed by atoms with E-state index in [9.17, 15) is 18.0 Å². The Labute approximate surface area is 147 Å². The monoisotopic (exact) mass is 368 g/mol. The molecule has 8 heteroatoms. The van der Waals surface area contributed by atoms with Crippen LogP contribution >= 0.6 is 0 Å². The molecular formula is C17H24N2O5S. The molecule has 0 atom stereocenters. The molecule has 0 aromatic heterocycles. The molecule has 0 aliphatic heterocycles. The number of amides is 1. The van der Waals surface area contributed by atoms with Crippen LogP contribution in [0, 0.1) is 0 Å². The van der Waals surface area contributed by atoms with E-state index in [1.807, 2.05) is 0 Å². The molecule has 1 aromatic rings. The van der Waals surface area contributed by atoms with Gasteiger partial charge >= 0.3 is 5.97 Å². The first kappa shape index (κ1) is 19.4. The van der Waals surface area contributed by atoms with Crippen LogP contribution in [-0.4, -0.2) is 37.0 Å². The highest BCUT2D eigenvalue weighted by Gasteiger charge is 2.37. The second-order valence-corrected chi connectivity index (χ2v) is 8.53. The molecule has 0 bridgehead atoms. The fourth-order valence-corrected chi connectivity index (χ4v) is 4.42. The highest BCUT2D eigenvalue weighted by atomic mass is 32.2. The van der Waals surface area contributed by atoms with Crippen LogP contribution in [0.2, 0.25) is 0 Å². The number of hydrogen-bond acceptors (Lipinski definition) is 4. The molecule has 1 fully saturated rings. The number of sulfonamides is 1. The summed E-state index contributed by atoms with van der Waals surface area (Å²) in [5, 5.41) is 11.9. The first-order valence-electron chi connectivity index (χ1n) is 8.30. The Balaban J connectivity index is 2.13. The fourth-order valence-electron chi connectivity index (χ4n) is 3.16. The summed E-state index contributed by atoms with van der Waals surface area (Å²) in [4.78, 5) is 23.6. The van der Waals surface area contributed by atoms with E-state index in [1.165, 1.54) is 24.3 Å². The summed E-state index contributed by atoms with van der Waals surface area (Å²) in [5.41, 5.74) is -0.410. The predicted molar refractivity (Wildman–Crippen MR) is 92.8 cm³/mol. The average molecular weight is 368 g/mol. The quantitative estimate of drug-likeness (QED) is 0.680. The molecule has 1 aromatic carbocycles. The highest BCUT2D eigenvalue weighted by molar-refractivity contribution is 7.89. The third-order valence-corrected chi connectivity index (χ3v) is 5.92. The van der Waals surface area contributed by atoms with Gasteiger partial charge in [0.15, 0.2) is 0 Å². The molecule has 3 N–H and O–H groups in total. The second kappa shape index (κ2) is 7.53. The van der Waals surface area contributed by atoms with Gasteiger partial charge in [-0.2, -0.15) is 0 Å². The molecular weight excluding hydrogens is 344 g/mol. The van der Waals surface area contributed by atoms with E-state index in [0.717, 1.165) is 12.8 Å². The van der Waals surface area contributed by atoms with Gasteiger partial charge in [-0.1, -0.05) is 12.8 Å². The van der Waals surface area contributed by atoms with Crippen molar-refractivity contribution in [2.45, 2.75) is 62.4 Å². The van der Waals surface area contributed by atoms with Gasteiger partial charge in [-0.15, -0.1) is 0 Å². The van der Waals surface area contributed by atoms with Crippen LogP contribution in [0.25, 0.3) is 0 Å². The van der Waals surface area contributed by atoms with Crippen molar-refractivity contribution in [3.8, 4) is 0 Å². The maximum Gasteiger partial charge on any atom is 0.305 e. The lowest BCUT2D eigenvalue weighted by Gasteiger charge is -2.28. The van der Waals surface area contributed by atoms with Crippen LogP contribution in [0.3, 0.4) is 0 Å². The molecule has 1 saturated carbocycles. The van der Waals surface area contributed by atoms with Crippen molar-refractivity contribution in [3.05, 3.63) is 29.8 Å². The van der Waals surface area contributed by atoms with Crippen LogP contribution in [0.5, 0.6) is 0 Å². The number of rotatable bonds is 7. The standard InChI is InChI=1S/C17H24N2O5S/c1-12(2)19-25(23,24)14-7-5-13(6-8-14)16(22)18-17(11-15(20)21)9-3-4-10-17/h5-8,12,19H,3-4,9-11H2,1-2H3,(H,18,22)(H,20,21). The van der Waals surface area contributed by atoms with Crippen molar-refractivity contribution in [2.75, 3.05) is 0 Å². The molecule has 0 saturated heterocycles. The number of carboxylic acid groups (broad SMARTS) is 1. The number of hydrogen-bond donors (Lipinski definition) is 3. The van der Waals surface area contributed by atoms with Crippen molar-refractivity contribution >= 4 is 21.9 Å². The zero-order chi connectivity index (χ0) is 18.7. The smallest absolute Gasteiger partial charge is 0.305 e. The Kier molecular flexibility index (Phi) is 5.84. The Morgan fingerprint density at radius 1 is 1.16 bits per heavy atom. The normalized spacial score (nSPS) is 16.8. The minimum absolute atomic E-state index is 0.0823. The summed E-state index contributed by atoms with van der Waals surface area (Å²) < 4.78 is 26.7. The molecule has 1 aliphatic rings. The molecule has 1 aliphatic carbocycles. The molecule has 0 radical (unpaired) electrons. The van der Waals surface area contributed by atoms with Gasteiger partial charge in [0.1, 0.15) is 0 Å². The second-order valence-electron chi connectivity index (χ2n) is 6.81. The highest BCUT2D eigenvalue weighted by Crippen LogP contribution is 2.33. The van der Waals surface area contributed by atoms with E-state index >= 15 is 0 Å². The Morgan fingerprint density at radius 3 is 2.20 bits per heavy atom. The van der Waals surface area contributed by atoms with Crippen LogP contribution in [-0.2, 0) is 14.8 Å². The summed E-state index contributed by atoms with van der Waals surface area (Å²) in [6.07, 6.45) is 2.92. The van der Waals surface area contributed by atoms with Gasteiger partial charge in [0.2, 0.25) is 10.0 Å². The topological polar surface area (TPSA) is 113 Å². The lowest BCUT2D eigenvalue weighted by Crippen LogP contribution is -2.47. The largest absolute Gasteiger partial charge is 0.481 e. The summed E-state index contributed by atoms with van der Waals surface area (Å²) in [7, 11) is -3.61. The van der Waals surface area contributed by atoms with Gasteiger partial charge in [-0.05, 0) is 51.0 Å². The molecule has 2 rings (SSSR count). The van der Waals surface area contributed by atoms with Crippen LogP contribution in [0.4, 0.5) is 0 Å². The van der Waals surface area contributed by atoms with E-state index in [0.29, 0.717) is 18.4 Å². The van der Waals surface area contributed by atoms with Crippen molar-refractivity contribution in [2.24, 2.45) is 0 Å². The van der Waals surface area contributed by atoms with E-state index < -0.39 is 21.5 Å². The van der Waals surface area contributed by atoms with Crippen LogP contribution in [0.1, 0.15) is 56.3 Å². The summed E-state index contributed by atoms with van der Waals surface area (Å²) in [5.74, 6) is -1.33. The van der Waals surface area contributed by atoms with Gasteiger partial charge in [-0.3, -0.25) is 9.59 Å². The van der Waals surface area contributed by atoms with Crippen molar-refractivity contribution in [1.29, 1.82) is 0 Å². The molecule has 1 amide bonds. The zero-order valence-electron chi connectivity index (χ0n) is 14.4. The Morgan fingerprint density at radius 2 is 1.72 bits per heavy atom. The van der Waals surface area contributed by atoms with Gasteiger partial charge in [0, 0.05) is 11.6 Å². The van der Waals surface area contributed by atoms with Crippen LogP contribution in [0.15, 0.2) is 29.2 Å². The molecule has 0 heterocycles. The maximum absolute atomic E-state index is 12.5. The first-order valence-corrected chi connectivity index (χ1v) is 9.79. The van der Waals surface area contributed by atoms with Crippen LogP contribution < -0.4 is 10.0 Å². The molecule has 7 nitrogen and oxygen atoms in total. The summed E-state index contributed by atoms with van der Waals surface area (Å²) in [6, 6.07) is 5.39. The number of aliphatic carboxylic acids is 1. The lowest BCUT2D eigenvalue weighted by molar-refractivity contribution is -0.138. The first-order chi connectivity index (χ1) is 11.6. The molecule has 138 valence electrons. The summed E-state index contributed by atoms with van der Waals surface area (Å²) in [6.45, 7) is 3.45. The average Bonchev–Trinajstić information content (AvgIpc) is 2.93.